The summed E-state index contributed by atoms with van der Waals surface area (Å²) in [6, 6.07) is 10.2. The second-order valence-electron chi connectivity index (χ2n) is 2.74. The van der Waals surface area contributed by atoms with E-state index in [1.165, 1.54) is 0 Å². The zero-order chi connectivity index (χ0) is 9.68. The third kappa shape index (κ3) is 3.10. The maximum Gasteiger partial charge on any atom is 0.0935 e. The third-order valence-corrected chi connectivity index (χ3v) is 2.66. The van der Waals surface area contributed by atoms with Crippen LogP contribution in [-0.2, 0) is 6.54 Å². The number of nitrogens with zero attached hydrogens (tertiary/aromatic N) is 1. The van der Waals surface area contributed by atoms with Crippen LogP contribution in [0.5, 0.6) is 0 Å². The van der Waals surface area contributed by atoms with E-state index in [2.05, 4.69) is 6.07 Å². The fraction of sp³-hybridized carbons (Fsp3) is 0.300. The van der Waals surface area contributed by atoms with Crippen molar-refractivity contribution < 1.29 is 0 Å². The van der Waals surface area contributed by atoms with E-state index in [4.69, 9.17) is 11.0 Å². The molecule has 0 spiro atoms. The molecule has 0 fully saturated rings. The van der Waals surface area contributed by atoms with Gasteiger partial charge in [0.2, 0.25) is 0 Å². The third-order valence-electron chi connectivity index (χ3n) is 1.65. The molecular weight excluding hydrogens is 180 g/mol. The molecule has 2 nitrogen and oxygen atoms in total. The molecule has 0 saturated carbocycles. The van der Waals surface area contributed by atoms with Crippen LogP contribution >= 0.6 is 11.8 Å². The first-order chi connectivity index (χ1) is 6.26. The molecule has 0 saturated heterocycles. The number of rotatable bonds is 3. The van der Waals surface area contributed by atoms with Gasteiger partial charge in [0.05, 0.1) is 11.3 Å². The molecule has 0 aliphatic rings. The van der Waals surface area contributed by atoms with E-state index in [9.17, 15) is 0 Å². The predicted octanol–water partition coefficient (Wildman–Crippen LogP) is 2.15. The summed E-state index contributed by atoms with van der Waals surface area (Å²) >= 11 is 1.56. The highest BCUT2D eigenvalue weighted by Crippen LogP contribution is 2.22. The summed E-state index contributed by atoms with van der Waals surface area (Å²) in [4.78, 5) is 1.12. The summed E-state index contributed by atoms with van der Waals surface area (Å²) in [6.07, 6.45) is 0. The van der Waals surface area contributed by atoms with Crippen molar-refractivity contribution in [2.24, 2.45) is 5.73 Å². The second-order valence-corrected chi connectivity index (χ2v) is 4.15. The number of benzene rings is 1. The maximum absolute atomic E-state index is 8.61. The lowest BCUT2D eigenvalue weighted by Gasteiger charge is -2.03. The normalized spacial score (nSPS) is 12.1. The van der Waals surface area contributed by atoms with Crippen molar-refractivity contribution in [3.8, 4) is 6.07 Å². The number of hydrogen-bond donors (Lipinski definition) is 1. The molecule has 13 heavy (non-hydrogen) atoms. The minimum Gasteiger partial charge on any atom is -0.326 e. The first-order valence-corrected chi connectivity index (χ1v) is 4.99. The molecule has 0 amide bonds. The first-order valence-electron chi connectivity index (χ1n) is 4.11. The zero-order valence-corrected chi connectivity index (χ0v) is 8.34. The molecule has 1 aromatic rings. The highest BCUT2D eigenvalue weighted by Gasteiger charge is 2.01. The Balaban J connectivity index is 2.65. The molecule has 0 radical (unpaired) electrons. The monoisotopic (exact) mass is 192 g/mol. The Kier molecular flexibility index (Phi) is 3.81. The van der Waals surface area contributed by atoms with Crippen LogP contribution in [0.3, 0.4) is 0 Å². The SMILES string of the molecule is CC(C#N)Sc1ccc(CN)cc1. The number of nitriles is 1. The van der Waals surface area contributed by atoms with Gasteiger partial charge in [-0.1, -0.05) is 12.1 Å². The molecule has 1 unspecified atom stereocenters. The summed E-state index contributed by atoms with van der Waals surface area (Å²) in [5, 5.41) is 8.61. The molecule has 1 aromatic carbocycles. The van der Waals surface area contributed by atoms with Crippen molar-refractivity contribution in [2.45, 2.75) is 23.6 Å². The highest BCUT2D eigenvalue weighted by atomic mass is 32.2. The van der Waals surface area contributed by atoms with Crippen molar-refractivity contribution in [3.05, 3.63) is 29.8 Å². The zero-order valence-electron chi connectivity index (χ0n) is 7.53. The lowest BCUT2D eigenvalue weighted by Crippen LogP contribution is -1.95. The fourth-order valence-corrected chi connectivity index (χ4v) is 1.69. The van der Waals surface area contributed by atoms with Crippen LogP contribution in [0.15, 0.2) is 29.2 Å². The number of nitrogens with two attached hydrogens (primary N) is 1. The molecule has 1 atom stereocenters. The molecule has 0 aromatic heterocycles. The van der Waals surface area contributed by atoms with E-state index < -0.39 is 0 Å². The molecule has 0 aliphatic carbocycles. The smallest absolute Gasteiger partial charge is 0.0935 e. The van der Waals surface area contributed by atoms with Crippen molar-refractivity contribution in [1.82, 2.24) is 0 Å². The number of hydrogen-bond acceptors (Lipinski definition) is 3. The van der Waals surface area contributed by atoms with Gasteiger partial charge in [-0.3, -0.25) is 0 Å². The Morgan fingerprint density at radius 2 is 2.08 bits per heavy atom. The summed E-state index contributed by atoms with van der Waals surface area (Å²) in [7, 11) is 0. The quantitative estimate of drug-likeness (QED) is 0.746. The van der Waals surface area contributed by atoms with Gasteiger partial charge in [-0.05, 0) is 24.6 Å². The van der Waals surface area contributed by atoms with Crippen LogP contribution in [0.4, 0.5) is 0 Å². The van der Waals surface area contributed by atoms with Crippen LogP contribution in [0, 0.1) is 11.3 Å². The van der Waals surface area contributed by atoms with E-state index in [-0.39, 0.29) is 5.25 Å². The summed E-state index contributed by atoms with van der Waals surface area (Å²) in [6.45, 7) is 2.46. The highest BCUT2D eigenvalue weighted by molar-refractivity contribution is 8.00. The largest absolute Gasteiger partial charge is 0.326 e. The van der Waals surface area contributed by atoms with Gasteiger partial charge in [0.15, 0.2) is 0 Å². The molecular formula is C10H12N2S. The van der Waals surface area contributed by atoms with Gasteiger partial charge in [0.25, 0.3) is 0 Å². The average molecular weight is 192 g/mol. The molecule has 0 bridgehead atoms. The first kappa shape index (κ1) is 10.1. The van der Waals surface area contributed by atoms with Gasteiger partial charge < -0.3 is 5.73 Å². The number of thioether (sulfide) groups is 1. The molecule has 68 valence electrons. The van der Waals surface area contributed by atoms with Crippen LogP contribution < -0.4 is 5.73 Å². The molecule has 0 heterocycles. The van der Waals surface area contributed by atoms with Crippen molar-refractivity contribution in [2.75, 3.05) is 0 Å². The average Bonchev–Trinajstić information content (AvgIpc) is 2.19. The maximum atomic E-state index is 8.61. The fourth-order valence-electron chi connectivity index (χ4n) is 0.935. The van der Waals surface area contributed by atoms with E-state index in [1.807, 2.05) is 31.2 Å². The van der Waals surface area contributed by atoms with Crippen molar-refractivity contribution in [1.29, 1.82) is 5.26 Å². The van der Waals surface area contributed by atoms with Crippen LogP contribution in [-0.4, -0.2) is 5.25 Å². The summed E-state index contributed by atoms with van der Waals surface area (Å²) in [5.41, 5.74) is 6.59. The minimum absolute atomic E-state index is 0.00345. The molecule has 1 rings (SSSR count). The molecule has 3 heteroatoms. The Labute approximate surface area is 82.7 Å². The molecule has 0 aliphatic heterocycles. The van der Waals surface area contributed by atoms with E-state index >= 15 is 0 Å². The predicted molar refractivity (Wildman–Crippen MR) is 55.3 cm³/mol. The van der Waals surface area contributed by atoms with Crippen molar-refractivity contribution >= 4 is 11.8 Å². The Hall–Kier alpha value is -0.980. The van der Waals surface area contributed by atoms with Crippen molar-refractivity contribution in [3.63, 3.8) is 0 Å². The van der Waals surface area contributed by atoms with E-state index in [0.29, 0.717) is 6.54 Å². The second kappa shape index (κ2) is 4.90. The van der Waals surface area contributed by atoms with Gasteiger partial charge in [-0.15, -0.1) is 11.8 Å². The van der Waals surface area contributed by atoms with E-state index in [1.54, 1.807) is 11.8 Å². The topological polar surface area (TPSA) is 49.8 Å². The van der Waals surface area contributed by atoms with Gasteiger partial charge in [0, 0.05) is 11.4 Å². The molecule has 2 N–H and O–H groups in total. The van der Waals surface area contributed by atoms with Gasteiger partial charge in [-0.25, -0.2) is 0 Å². The van der Waals surface area contributed by atoms with E-state index in [0.717, 1.165) is 10.5 Å². The van der Waals surface area contributed by atoms with Gasteiger partial charge in [-0.2, -0.15) is 5.26 Å². The van der Waals surface area contributed by atoms with Crippen LogP contribution in [0.2, 0.25) is 0 Å². The van der Waals surface area contributed by atoms with Gasteiger partial charge >= 0.3 is 0 Å². The minimum atomic E-state index is 0.00345. The van der Waals surface area contributed by atoms with Crippen LogP contribution in [0.25, 0.3) is 0 Å². The standard InChI is InChI=1S/C10H12N2S/c1-8(6-11)13-10-4-2-9(7-12)3-5-10/h2-5,8H,7,12H2,1H3. The Morgan fingerprint density at radius 3 is 2.54 bits per heavy atom. The van der Waals surface area contributed by atoms with Crippen LogP contribution in [0.1, 0.15) is 12.5 Å². The van der Waals surface area contributed by atoms with Gasteiger partial charge in [0.1, 0.15) is 0 Å². The lowest BCUT2D eigenvalue weighted by molar-refractivity contribution is 1.06. The Morgan fingerprint density at radius 1 is 1.46 bits per heavy atom. The Bertz CT molecular complexity index is 300. The lowest BCUT2D eigenvalue weighted by atomic mass is 10.2. The summed E-state index contributed by atoms with van der Waals surface area (Å²) in [5.74, 6) is 0. The summed E-state index contributed by atoms with van der Waals surface area (Å²) < 4.78 is 0.